The number of nitrogens with two attached hydrogens (primary N) is 1. The van der Waals surface area contributed by atoms with Crippen molar-refractivity contribution in [3.8, 4) is 11.1 Å². The normalized spacial score (nSPS) is 17.8. The first-order valence-corrected chi connectivity index (χ1v) is 10.2. The molecule has 0 unspecified atom stereocenters. The molecule has 3 heterocycles. The molecule has 1 aromatic heterocycles. The maximum absolute atomic E-state index is 11.9. The van der Waals surface area contributed by atoms with Crippen LogP contribution in [0.4, 0.5) is 5.69 Å². The van der Waals surface area contributed by atoms with Gasteiger partial charge in [-0.25, -0.2) is 4.99 Å². The van der Waals surface area contributed by atoms with Crippen LogP contribution in [-0.2, 0) is 16.6 Å². The minimum Gasteiger partial charge on any atom is -0.387 e. The summed E-state index contributed by atoms with van der Waals surface area (Å²) in [6.45, 7) is 5.18. The van der Waals surface area contributed by atoms with Gasteiger partial charge in [0.2, 0.25) is 5.91 Å². The van der Waals surface area contributed by atoms with E-state index < -0.39 is 0 Å². The van der Waals surface area contributed by atoms with Crippen molar-refractivity contribution in [1.82, 2.24) is 20.0 Å². The maximum atomic E-state index is 11.9. The van der Waals surface area contributed by atoms with E-state index in [0.717, 1.165) is 54.3 Å². The molecule has 1 amide bonds. The summed E-state index contributed by atoms with van der Waals surface area (Å²) in [7, 11) is 1.89. The van der Waals surface area contributed by atoms with Crippen molar-refractivity contribution in [3.63, 3.8) is 0 Å². The zero-order valence-electron chi connectivity index (χ0n) is 17.5. The Labute approximate surface area is 176 Å². The Morgan fingerprint density at radius 2 is 2.20 bits per heavy atom. The van der Waals surface area contributed by atoms with Crippen molar-refractivity contribution < 1.29 is 9.53 Å². The lowest BCUT2D eigenvalue weighted by molar-refractivity contribution is -0.128. The first-order chi connectivity index (χ1) is 14.5. The minimum absolute atomic E-state index is 0.0466. The van der Waals surface area contributed by atoms with Crippen molar-refractivity contribution in [2.45, 2.75) is 13.3 Å². The van der Waals surface area contributed by atoms with Crippen LogP contribution >= 0.6 is 0 Å². The number of nitrogens with zero attached hydrogens (tertiary/aromatic N) is 4. The molecule has 1 fully saturated rings. The van der Waals surface area contributed by atoms with Gasteiger partial charge in [0.1, 0.15) is 5.84 Å². The average Bonchev–Trinajstić information content (AvgIpc) is 3.13. The monoisotopic (exact) mass is 408 g/mol. The summed E-state index contributed by atoms with van der Waals surface area (Å²) in [6, 6.07) is 7.91. The topological polar surface area (TPSA) is 97.8 Å². The van der Waals surface area contributed by atoms with Crippen LogP contribution < -0.4 is 11.1 Å². The molecule has 4 rings (SSSR count). The molecule has 30 heavy (non-hydrogen) atoms. The minimum atomic E-state index is 0.0466. The molecule has 0 aliphatic carbocycles. The Balaban J connectivity index is 1.59. The van der Waals surface area contributed by atoms with Crippen molar-refractivity contribution in [2.24, 2.45) is 23.7 Å². The first-order valence-electron chi connectivity index (χ1n) is 10.2. The molecule has 2 aliphatic heterocycles. The summed E-state index contributed by atoms with van der Waals surface area (Å²) in [5.74, 6) is 1.01. The van der Waals surface area contributed by atoms with E-state index in [9.17, 15) is 4.79 Å². The predicted molar refractivity (Wildman–Crippen MR) is 116 cm³/mol. The number of benzene rings is 1. The third-order valence-corrected chi connectivity index (χ3v) is 5.54. The van der Waals surface area contributed by atoms with E-state index in [0.29, 0.717) is 24.8 Å². The highest BCUT2D eigenvalue weighted by atomic mass is 16.5. The van der Waals surface area contributed by atoms with E-state index in [4.69, 9.17) is 10.5 Å². The van der Waals surface area contributed by atoms with Crippen molar-refractivity contribution in [2.75, 3.05) is 32.8 Å². The lowest BCUT2D eigenvalue weighted by atomic mass is 10.0. The highest BCUT2D eigenvalue weighted by molar-refractivity contribution is 6.00. The Kier molecular flexibility index (Phi) is 5.85. The van der Waals surface area contributed by atoms with Gasteiger partial charge in [-0.15, -0.1) is 0 Å². The van der Waals surface area contributed by atoms with Gasteiger partial charge in [-0.05, 0) is 17.7 Å². The van der Waals surface area contributed by atoms with Crippen LogP contribution in [0.5, 0.6) is 0 Å². The van der Waals surface area contributed by atoms with Crippen LogP contribution in [0.15, 0.2) is 52.9 Å². The van der Waals surface area contributed by atoms with Crippen LogP contribution in [0.1, 0.15) is 13.3 Å². The number of carbonyl (C=O) groups is 1. The number of amidine groups is 1. The van der Waals surface area contributed by atoms with Crippen LogP contribution in [0.25, 0.3) is 11.1 Å². The summed E-state index contributed by atoms with van der Waals surface area (Å²) < 4.78 is 7.03. The molecular weight excluding hydrogens is 380 g/mol. The van der Waals surface area contributed by atoms with Gasteiger partial charge in [-0.3, -0.25) is 9.48 Å². The highest BCUT2D eigenvalue weighted by Gasteiger charge is 2.25. The Hall–Kier alpha value is -3.13. The molecule has 8 nitrogen and oxygen atoms in total. The molecule has 3 N–H and O–H groups in total. The van der Waals surface area contributed by atoms with Crippen molar-refractivity contribution in [1.29, 1.82) is 0 Å². The van der Waals surface area contributed by atoms with E-state index in [1.54, 1.807) is 16.5 Å². The lowest BCUT2D eigenvalue weighted by Gasteiger charge is -2.32. The van der Waals surface area contributed by atoms with Crippen LogP contribution in [0.2, 0.25) is 0 Å². The predicted octanol–water partition coefficient (Wildman–Crippen LogP) is 1.82. The second-order valence-corrected chi connectivity index (χ2v) is 7.88. The van der Waals surface area contributed by atoms with Crippen LogP contribution in [-0.4, -0.2) is 59.3 Å². The summed E-state index contributed by atoms with van der Waals surface area (Å²) in [6.07, 6.45) is 4.54. The standard InChI is InChI=1S/C22H28N6O2/c1-15(29)28-7-6-21(24-9-16-13-30-14-16)20(12-28)22(23)26-19-5-3-4-17(8-19)18-10-25-27(2)11-18/h3-5,8,10-11,16,24H,6-7,9,12-14H2,1-2H3,(H2,23,26). The maximum Gasteiger partial charge on any atom is 0.219 e. The van der Waals surface area contributed by atoms with Gasteiger partial charge in [0.25, 0.3) is 0 Å². The number of aliphatic imine (C=N–C) groups is 1. The number of hydrogen-bond donors (Lipinski definition) is 2. The molecule has 2 aromatic rings. The highest BCUT2D eigenvalue weighted by Crippen LogP contribution is 2.25. The summed E-state index contributed by atoms with van der Waals surface area (Å²) in [5.41, 5.74) is 11.2. The fraction of sp³-hybridized carbons (Fsp3) is 0.409. The summed E-state index contributed by atoms with van der Waals surface area (Å²) in [4.78, 5) is 18.4. The van der Waals surface area contributed by atoms with Gasteiger partial charge in [-0.1, -0.05) is 12.1 Å². The number of hydrogen-bond acceptors (Lipinski definition) is 5. The quantitative estimate of drug-likeness (QED) is 0.561. The molecular formula is C22H28N6O2. The van der Waals surface area contributed by atoms with Gasteiger partial charge in [0.05, 0.1) is 31.6 Å². The number of amides is 1. The Bertz CT molecular complexity index is 989. The Morgan fingerprint density at radius 1 is 1.37 bits per heavy atom. The molecule has 8 heteroatoms. The first kappa shape index (κ1) is 20.2. The van der Waals surface area contributed by atoms with Crippen molar-refractivity contribution in [3.05, 3.63) is 47.9 Å². The summed E-state index contributed by atoms with van der Waals surface area (Å²) in [5, 5.41) is 7.76. The fourth-order valence-corrected chi connectivity index (χ4v) is 3.66. The average molecular weight is 409 g/mol. The van der Waals surface area contributed by atoms with Gasteiger partial charge in [0, 0.05) is 62.4 Å². The van der Waals surface area contributed by atoms with E-state index in [-0.39, 0.29) is 5.91 Å². The molecule has 1 saturated heterocycles. The Morgan fingerprint density at radius 3 is 2.87 bits per heavy atom. The number of aromatic nitrogens is 2. The van der Waals surface area contributed by atoms with Crippen molar-refractivity contribution >= 4 is 17.4 Å². The SMILES string of the molecule is CC(=O)N1CCC(NCC2COC2)=C(C(N)=Nc2cccc(-c3cnn(C)c3)c2)C1. The molecule has 1 aromatic carbocycles. The number of rotatable bonds is 6. The van der Waals surface area contributed by atoms with E-state index in [1.165, 1.54) is 0 Å². The largest absolute Gasteiger partial charge is 0.387 e. The van der Waals surface area contributed by atoms with Crippen LogP contribution in [0.3, 0.4) is 0 Å². The number of carbonyl (C=O) groups excluding carboxylic acids is 1. The fourth-order valence-electron chi connectivity index (χ4n) is 3.66. The zero-order valence-corrected chi connectivity index (χ0v) is 17.5. The summed E-state index contributed by atoms with van der Waals surface area (Å²) >= 11 is 0. The molecule has 0 radical (unpaired) electrons. The van der Waals surface area contributed by atoms with Gasteiger partial charge >= 0.3 is 0 Å². The third kappa shape index (κ3) is 4.54. The molecule has 0 atom stereocenters. The van der Waals surface area contributed by atoms with E-state index in [2.05, 4.69) is 15.4 Å². The van der Waals surface area contributed by atoms with E-state index in [1.807, 2.05) is 43.7 Å². The zero-order chi connectivity index (χ0) is 21.1. The third-order valence-electron chi connectivity index (χ3n) is 5.54. The molecule has 0 bridgehead atoms. The lowest BCUT2D eigenvalue weighted by Crippen LogP contribution is -2.43. The molecule has 158 valence electrons. The number of aryl methyl sites for hydroxylation is 1. The van der Waals surface area contributed by atoms with Gasteiger partial charge < -0.3 is 20.7 Å². The molecule has 0 saturated carbocycles. The van der Waals surface area contributed by atoms with E-state index >= 15 is 0 Å². The van der Waals surface area contributed by atoms with Gasteiger partial charge in [-0.2, -0.15) is 5.10 Å². The number of nitrogens with one attached hydrogen (secondary N) is 1. The second kappa shape index (κ2) is 8.71. The second-order valence-electron chi connectivity index (χ2n) is 7.88. The molecule has 0 spiro atoms. The van der Waals surface area contributed by atoms with Crippen LogP contribution in [0, 0.1) is 5.92 Å². The van der Waals surface area contributed by atoms with Gasteiger partial charge in [0.15, 0.2) is 0 Å². The number of ether oxygens (including phenoxy) is 1. The smallest absolute Gasteiger partial charge is 0.219 e. The molecule has 2 aliphatic rings.